The molecule has 2 rings (SSSR count). The summed E-state index contributed by atoms with van der Waals surface area (Å²) in [6.07, 6.45) is 0.354. The van der Waals surface area contributed by atoms with E-state index < -0.39 is 6.03 Å². The fourth-order valence-corrected chi connectivity index (χ4v) is 2.46. The van der Waals surface area contributed by atoms with Crippen LogP contribution in [0.3, 0.4) is 0 Å². The molecule has 0 spiro atoms. The summed E-state index contributed by atoms with van der Waals surface area (Å²) < 4.78 is 5.72. The van der Waals surface area contributed by atoms with Crippen LogP contribution in [-0.4, -0.2) is 41.5 Å². The van der Waals surface area contributed by atoms with E-state index in [9.17, 15) is 4.79 Å². The fraction of sp³-hybridized carbons (Fsp3) is 0.615. The molecule has 0 aromatic carbocycles. The zero-order chi connectivity index (χ0) is 14.7. The number of nitrogens with two attached hydrogens (primary N) is 1. The Labute approximate surface area is 118 Å². The minimum absolute atomic E-state index is 0.177. The Kier molecular flexibility index (Phi) is 4.39. The summed E-state index contributed by atoms with van der Waals surface area (Å²) >= 11 is 0. The number of amides is 2. The molecule has 0 saturated carbocycles. The molecule has 1 aliphatic rings. The summed E-state index contributed by atoms with van der Waals surface area (Å²) in [5.74, 6) is 0.870. The Morgan fingerprint density at radius 3 is 2.65 bits per heavy atom. The smallest absolute Gasteiger partial charge is 0.312 e. The van der Waals surface area contributed by atoms with Crippen LogP contribution in [0.1, 0.15) is 25.1 Å². The maximum absolute atomic E-state index is 10.7. The van der Waals surface area contributed by atoms with Crippen molar-refractivity contribution < 1.29 is 9.53 Å². The number of nitrogens with zero attached hydrogens (tertiary/aromatic N) is 3. The standard InChI is InChI=1S/C13H21N5O2/c1-8-4-11(5-15-13(14)19)16-17-12(8)18-6-9(2)20-10(3)7-18/h4,9-10H,5-7H2,1-3H3,(H3,14,15,19). The first kappa shape index (κ1) is 14.5. The molecule has 0 bridgehead atoms. The van der Waals surface area contributed by atoms with Crippen molar-refractivity contribution in [2.24, 2.45) is 5.73 Å². The number of urea groups is 1. The van der Waals surface area contributed by atoms with Crippen LogP contribution in [0.5, 0.6) is 0 Å². The number of aryl methyl sites for hydroxylation is 1. The second-order valence-corrected chi connectivity index (χ2v) is 5.22. The molecule has 1 aliphatic heterocycles. The lowest BCUT2D eigenvalue weighted by molar-refractivity contribution is -0.00554. The average Bonchev–Trinajstić information content (AvgIpc) is 2.35. The van der Waals surface area contributed by atoms with Crippen molar-refractivity contribution in [1.29, 1.82) is 0 Å². The summed E-state index contributed by atoms with van der Waals surface area (Å²) in [7, 11) is 0. The molecule has 7 nitrogen and oxygen atoms in total. The van der Waals surface area contributed by atoms with Gasteiger partial charge in [0, 0.05) is 13.1 Å². The lowest BCUT2D eigenvalue weighted by Gasteiger charge is -2.36. The molecule has 1 fully saturated rings. The van der Waals surface area contributed by atoms with Gasteiger partial charge in [-0.15, -0.1) is 5.10 Å². The molecule has 2 atom stereocenters. The number of primary amides is 1. The SMILES string of the molecule is Cc1cc(CNC(N)=O)nnc1N1CC(C)OC(C)C1. The van der Waals surface area contributed by atoms with Crippen molar-refractivity contribution in [1.82, 2.24) is 15.5 Å². The van der Waals surface area contributed by atoms with Gasteiger partial charge in [-0.05, 0) is 32.4 Å². The van der Waals surface area contributed by atoms with Crippen molar-refractivity contribution in [2.75, 3.05) is 18.0 Å². The van der Waals surface area contributed by atoms with Crippen LogP contribution in [0.4, 0.5) is 10.6 Å². The van der Waals surface area contributed by atoms with Gasteiger partial charge in [-0.3, -0.25) is 0 Å². The highest BCUT2D eigenvalue weighted by Gasteiger charge is 2.24. The molecule has 1 aromatic heterocycles. The van der Waals surface area contributed by atoms with Crippen LogP contribution < -0.4 is 16.0 Å². The summed E-state index contributed by atoms with van der Waals surface area (Å²) in [5.41, 5.74) is 6.76. The van der Waals surface area contributed by atoms with E-state index >= 15 is 0 Å². The lowest BCUT2D eigenvalue weighted by atomic mass is 10.2. The molecule has 20 heavy (non-hydrogen) atoms. The van der Waals surface area contributed by atoms with Crippen LogP contribution in [0.2, 0.25) is 0 Å². The van der Waals surface area contributed by atoms with Gasteiger partial charge in [0.15, 0.2) is 5.82 Å². The van der Waals surface area contributed by atoms with Gasteiger partial charge in [0.05, 0.1) is 24.4 Å². The van der Waals surface area contributed by atoms with E-state index in [2.05, 4.69) is 34.3 Å². The van der Waals surface area contributed by atoms with E-state index in [0.717, 1.165) is 24.5 Å². The molecule has 1 aromatic rings. The van der Waals surface area contributed by atoms with E-state index in [4.69, 9.17) is 10.5 Å². The molecule has 3 N–H and O–H groups in total. The molecule has 2 heterocycles. The lowest BCUT2D eigenvalue weighted by Crippen LogP contribution is -2.46. The Morgan fingerprint density at radius 1 is 1.45 bits per heavy atom. The zero-order valence-corrected chi connectivity index (χ0v) is 12.1. The van der Waals surface area contributed by atoms with Crippen LogP contribution >= 0.6 is 0 Å². The molecule has 110 valence electrons. The summed E-state index contributed by atoms with van der Waals surface area (Å²) in [6.45, 7) is 7.99. The number of carbonyl (C=O) groups is 1. The first-order valence-electron chi connectivity index (χ1n) is 6.72. The quantitative estimate of drug-likeness (QED) is 0.843. The minimum Gasteiger partial charge on any atom is -0.372 e. The summed E-state index contributed by atoms with van der Waals surface area (Å²) in [5, 5.41) is 10.9. The highest BCUT2D eigenvalue weighted by molar-refractivity contribution is 5.71. The van der Waals surface area contributed by atoms with Crippen molar-refractivity contribution in [2.45, 2.75) is 39.5 Å². The number of rotatable bonds is 3. The summed E-state index contributed by atoms with van der Waals surface area (Å²) in [4.78, 5) is 12.9. The Balaban J connectivity index is 2.10. The highest BCUT2D eigenvalue weighted by atomic mass is 16.5. The van der Waals surface area contributed by atoms with Crippen LogP contribution in [0.25, 0.3) is 0 Å². The van der Waals surface area contributed by atoms with E-state index in [1.165, 1.54) is 0 Å². The number of morpholine rings is 1. The number of hydrogen-bond acceptors (Lipinski definition) is 5. The molecule has 2 amide bonds. The van der Waals surface area contributed by atoms with Crippen molar-refractivity contribution >= 4 is 11.8 Å². The van der Waals surface area contributed by atoms with Gasteiger partial charge in [-0.1, -0.05) is 0 Å². The third-order valence-corrected chi connectivity index (χ3v) is 3.17. The molecule has 1 saturated heterocycles. The van der Waals surface area contributed by atoms with Gasteiger partial charge < -0.3 is 20.7 Å². The molecule has 0 aliphatic carbocycles. The number of aromatic nitrogens is 2. The second-order valence-electron chi connectivity index (χ2n) is 5.22. The van der Waals surface area contributed by atoms with Gasteiger partial charge in [0.25, 0.3) is 0 Å². The Bertz CT molecular complexity index is 484. The predicted molar refractivity (Wildman–Crippen MR) is 75.4 cm³/mol. The van der Waals surface area contributed by atoms with E-state index in [0.29, 0.717) is 12.2 Å². The second kappa shape index (κ2) is 6.04. The number of nitrogens with one attached hydrogen (secondary N) is 1. The van der Waals surface area contributed by atoms with E-state index in [1.807, 2.05) is 13.0 Å². The number of hydrogen-bond donors (Lipinski definition) is 2. The van der Waals surface area contributed by atoms with Crippen molar-refractivity contribution in [3.8, 4) is 0 Å². The van der Waals surface area contributed by atoms with Crippen LogP contribution in [0, 0.1) is 6.92 Å². The summed E-state index contributed by atoms with van der Waals surface area (Å²) in [6, 6.07) is 1.35. The van der Waals surface area contributed by atoms with Gasteiger partial charge in [-0.25, -0.2) is 4.79 Å². The average molecular weight is 279 g/mol. The molecular formula is C13H21N5O2. The molecular weight excluding hydrogens is 258 g/mol. The first-order valence-corrected chi connectivity index (χ1v) is 6.72. The minimum atomic E-state index is -0.565. The van der Waals surface area contributed by atoms with Gasteiger partial charge >= 0.3 is 6.03 Å². The zero-order valence-electron chi connectivity index (χ0n) is 12.1. The van der Waals surface area contributed by atoms with E-state index in [1.54, 1.807) is 0 Å². The van der Waals surface area contributed by atoms with Gasteiger partial charge in [-0.2, -0.15) is 5.10 Å². The Morgan fingerprint density at radius 2 is 2.10 bits per heavy atom. The van der Waals surface area contributed by atoms with Gasteiger partial charge in [0.1, 0.15) is 0 Å². The van der Waals surface area contributed by atoms with Crippen LogP contribution in [0.15, 0.2) is 6.07 Å². The number of ether oxygens (including phenoxy) is 1. The normalized spacial score (nSPS) is 22.6. The maximum Gasteiger partial charge on any atom is 0.312 e. The number of carbonyl (C=O) groups excluding carboxylic acids is 1. The molecule has 2 unspecified atom stereocenters. The van der Waals surface area contributed by atoms with Crippen molar-refractivity contribution in [3.63, 3.8) is 0 Å². The third kappa shape index (κ3) is 3.57. The first-order chi connectivity index (χ1) is 9.45. The fourth-order valence-electron chi connectivity index (χ4n) is 2.46. The largest absolute Gasteiger partial charge is 0.372 e. The predicted octanol–water partition coefficient (Wildman–Crippen LogP) is 0.567. The molecule has 0 radical (unpaired) electrons. The third-order valence-electron chi connectivity index (χ3n) is 3.17. The molecule has 7 heteroatoms. The Hall–Kier alpha value is -1.89. The number of anilines is 1. The van der Waals surface area contributed by atoms with Crippen LogP contribution in [-0.2, 0) is 11.3 Å². The van der Waals surface area contributed by atoms with Crippen molar-refractivity contribution in [3.05, 3.63) is 17.3 Å². The maximum atomic E-state index is 10.7. The monoisotopic (exact) mass is 279 g/mol. The van der Waals surface area contributed by atoms with Gasteiger partial charge in [0.2, 0.25) is 0 Å². The highest BCUT2D eigenvalue weighted by Crippen LogP contribution is 2.21. The van der Waals surface area contributed by atoms with E-state index in [-0.39, 0.29) is 12.2 Å². The topological polar surface area (TPSA) is 93.4 Å².